The minimum absolute atomic E-state index is 0.276. The van der Waals surface area contributed by atoms with Gasteiger partial charge in [-0.25, -0.2) is 4.98 Å². The first-order valence-corrected chi connectivity index (χ1v) is 5.48. The average Bonchev–Trinajstić information content (AvgIpc) is 2.38. The fourth-order valence-electron chi connectivity index (χ4n) is 1.62. The first-order chi connectivity index (χ1) is 8.29. The number of hydrogen-bond acceptors (Lipinski definition) is 4. The molecular weight excluding hydrogens is 216 g/mol. The lowest BCUT2D eigenvalue weighted by molar-refractivity contribution is -0.129. The lowest BCUT2D eigenvalue weighted by Gasteiger charge is -2.01. The molecule has 17 heavy (non-hydrogen) atoms. The van der Waals surface area contributed by atoms with Gasteiger partial charge in [-0.1, -0.05) is 12.1 Å². The Bertz CT molecular complexity index is 552. The van der Waals surface area contributed by atoms with Crippen LogP contribution in [0.5, 0.6) is 0 Å². The Morgan fingerprint density at radius 3 is 2.76 bits per heavy atom. The molecule has 1 heterocycles. The standard InChI is InChI=1S/C13H12N2O2/c16-9-11(17)5-3-4-10-8-14-12-6-1-2-7-13(12)15-10/h1-2,6-9H,3-5H2. The van der Waals surface area contributed by atoms with Gasteiger partial charge in [-0.3, -0.25) is 14.6 Å². The van der Waals surface area contributed by atoms with Gasteiger partial charge in [0.2, 0.25) is 0 Å². The summed E-state index contributed by atoms with van der Waals surface area (Å²) in [6, 6.07) is 7.64. The summed E-state index contributed by atoms with van der Waals surface area (Å²) in [6.07, 6.45) is 3.65. The number of para-hydroxylation sites is 2. The first kappa shape index (κ1) is 11.4. The van der Waals surface area contributed by atoms with E-state index in [2.05, 4.69) is 9.97 Å². The largest absolute Gasteiger partial charge is 0.295 e. The lowest BCUT2D eigenvalue weighted by atomic mass is 10.1. The van der Waals surface area contributed by atoms with Crippen molar-refractivity contribution in [1.29, 1.82) is 0 Å². The second-order valence-electron chi connectivity index (χ2n) is 3.79. The van der Waals surface area contributed by atoms with E-state index in [1.807, 2.05) is 24.3 Å². The fourth-order valence-corrected chi connectivity index (χ4v) is 1.62. The van der Waals surface area contributed by atoms with Gasteiger partial charge in [0.15, 0.2) is 12.1 Å². The highest BCUT2D eigenvalue weighted by Crippen LogP contribution is 2.10. The van der Waals surface area contributed by atoms with Gasteiger partial charge in [0.1, 0.15) is 0 Å². The molecule has 0 spiro atoms. The van der Waals surface area contributed by atoms with Crippen molar-refractivity contribution < 1.29 is 9.59 Å². The summed E-state index contributed by atoms with van der Waals surface area (Å²) < 4.78 is 0. The van der Waals surface area contributed by atoms with Crippen LogP contribution >= 0.6 is 0 Å². The number of aldehydes is 1. The van der Waals surface area contributed by atoms with Crippen molar-refractivity contribution >= 4 is 23.1 Å². The number of nitrogens with zero attached hydrogens (tertiary/aromatic N) is 2. The van der Waals surface area contributed by atoms with E-state index in [9.17, 15) is 9.59 Å². The SMILES string of the molecule is O=CC(=O)CCCc1cnc2ccccc2n1. The molecule has 0 amide bonds. The van der Waals surface area contributed by atoms with Crippen LogP contribution in [0.3, 0.4) is 0 Å². The number of ketones is 1. The van der Waals surface area contributed by atoms with Crippen LogP contribution in [-0.4, -0.2) is 22.0 Å². The molecule has 0 aliphatic rings. The second kappa shape index (κ2) is 5.30. The Kier molecular flexibility index (Phi) is 3.55. The maximum atomic E-state index is 10.8. The summed E-state index contributed by atoms with van der Waals surface area (Å²) in [6.45, 7) is 0. The fraction of sp³-hybridized carbons (Fsp3) is 0.231. The molecule has 2 rings (SSSR count). The number of fused-ring (bicyclic) bond motifs is 1. The van der Waals surface area contributed by atoms with Gasteiger partial charge in [0, 0.05) is 12.6 Å². The average molecular weight is 228 g/mol. The van der Waals surface area contributed by atoms with Gasteiger partial charge < -0.3 is 0 Å². The molecule has 4 heteroatoms. The Hall–Kier alpha value is -2.10. The van der Waals surface area contributed by atoms with Crippen molar-refractivity contribution in [2.75, 3.05) is 0 Å². The van der Waals surface area contributed by atoms with E-state index >= 15 is 0 Å². The van der Waals surface area contributed by atoms with E-state index in [1.165, 1.54) is 0 Å². The molecule has 0 saturated heterocycles. The molecule has 0 aliphatic heterocycles. The van der Waals surface area contributed by atoms with E-state index in [0.717, 1.165) is 16.7 Å². The minimum Gasteiger partial charge on any atom is -0.295 e. The van der Waals surface area contributed by atoms with Gasteiger partial charge in [0.05, 0.1) is 16.7 Å². The van der Waals surface area contributed by atoms with Crippen LogP contribution in [0.2, 0.25) is 0 Å². The molecule has 4 nitrogen and oxygen atoms in total. The number of carbonyl (C=O) groups excluding carboxylic acids is 2. The zero-order chi connectivity index (χ0) is 12.1. The van der Waals surface area contributed by atoms with Gasteiger partial charge in [-0.05, 0) is 25.0 Å². The third kappa shape index (κ3) is 2.93. The highest BCUT2D eigenvalue weighted by molar-refractivity contribution is 6.24. The lowest BCUT2D eigenvalue weighted by Crippen LogP contribution is -2.00. The smallest absolute Gasteiger partial charge is 0.195 e. The summed E-state index contributed by atoms with van der Waals surface area (Å²) in [4.78, 5) is 29.7. The Balaban J connectivity index is 2.04. The van der Waals surface area contributed by atoms with Gasteiger partial charge >= 0.3 is 0 Å². The zero-order valence-corrected chi connectivity index (χ0v) is 9.30. The first-order valence-electron chi connectivity index (χ1n) is 5.48. The summed E-state index contributed by atoms with van der Waals surface area (Å²) in [5.41, 5.74) is 2.56. The Morgan fingerprint density at radius 2 is 2.00 bits per heavy atom. The Labute approximate surface area is 98.7 Å². The van der Waals surface area contributed by atoms with E-state index in [1.54, 1.807) is 6.20 Å². The molecule has 0 radical (unpaired) electrons. The minimum atomic E-state index is -0.362. The molecular formula is C13H12N2O2. The number of benzene rings is 1. The zero-order valence-electron chi connectivity index (χ0n) is 9.30. The number of hydrogen-bond donors (Lipinski definition) is 0. The molecule has 0 N–H and O–H groups in total. The highest BCUT2D eigenvalue weighted by atomic mass is 16.2. The van der Waals surface area contributed by atoms with E-state index in [4.69, 9.17) is 0 Å². The van der Waals surface area contributed by atoms with Crippen molar-refractivity contribution in [3.8, 4) is 0 Å². The van der Waals surface area contributed by atoms with Crippen LogP contribution < -0.4 is 0 Å². The van der Waals surface area contributed by atoms with Crippen LogP contribution in [0, 0.1) is 0 Å². The van der Waals surface area contributed by atoms with Crippen LogP contribution in [0.15, 0.2) is 30.5 Å². The molecule has 0 unspecified atom stereocenters. The summed E-state index contributed by atoms with van der Waals surface area (Å²) in [7, 11) is 0. The van der Waals surface area contributed by atoms with Gasteiger partial charge in [-0.15, -0.1) is 0 Å². The molecule has 86 valence electrons. The third-order valence-electron chi connectivity index (χ3n) is 2.49. The number of Topliss-reactive ketones (excluding diaryl/α,β-unsaturated/α-hetero) is 1. The highest BCUT2D eigenvalue weighted by Gasteiger charge is 2.02. The molecule has 2 aromatic rings. The van der Waals surface area contributed by atoms with Gasteiger partial charge in [-0.2, -0.15) is 0 Å². The number of rotatable bonds is 5. The van der Waals surface area contributed by atoms with Crippen LogP contribution in [0.1, 0.15) is 18.5 Å². The van der Waals surface area contributed by atoms with Crippen molar-refractivity contribution in [3.63, 3.8) is 0 Å². The van der Waals surface area contributed by atoms with Crippen molar-refractivity contribution in [2.45, 2.75) is 19.3 Å². The summed E-state index contributed by atoms with van der Waals surface area (Å²) in [5.74, 6) is -0.362. The summed E-state index contributed by atoms with van der Waals surface area (Å²) >= 11 is 0. The molecule has 0 saturated carbocycles. The number of aryl methyl sites for hydroxylation is 1. The van der Waals surface area contributed by atoms with Crippen molar-refractivity contribution in [3.05, 3.63) is 36.2 Å². The molecule has 0 fully saturated rings. The normalized spacial score (nSPS) is 10.4. The topological polar surface area (TPSA) is 59.9 Å². The number of aromatic nitrogens is 2. The molecule has 1 aromatic heterocycles. The van der Waals surface area contributed by atoms with Crippen LogP contribution in [0.25, 0.3) is 11.0 Å². The van der Waals surface area contributed by atoms with Crippen LogP contribution in [-0.2, 0) is 16.0 Å². The molecule has 0 bridgehead atoms. The molecule has 1 aromatic carbocycles. The maximum absolute atomic E-state index is 10.8. The molecule has 0 atom stereocenters. The Morgan fingerprint density at radius 1 is 1.24 bits per heavy atom. The molecule has 0 aliphatic carbocycles. The van der Waals surface area contributed by atoms with Crippen molar-refractivity contribution in [2.24, 2.45) is 0 Å². The van der Waals surface area contributed by atoms with E-state index in [0.29, 0.717) is 19.1 Å². The number of carbonyl (C=O) groups is 2. The van der Waals surface area contributed by atoms with Crippen molar-refractivity contribution in [1.82, 2.24) is 9.97 Å². The predicted molar refractivity (Wildman–Crippen MR) is 63.5 cm³/mol. The second-order valence-corrected chi connectivity index (χ2v) is 3.79. The van der Waals surface area contributed by atoms with E-state index in [-0.39, 0.29) is 12.2 Å². The van der Waals surface area contributed by atoms with E-state index < -0.39 is 0 Å². The maximum Gasteiger partial charge on any atom is 0.195 e. The third-order valence-corrected chi connectivity index (χ3v) is 2.49. The quantitative estimate of drug-likeness (QED) is 0.577. The predicted octanol–water partition coefficient (Wildman–Crippen LogP) is 1.72. The van der Waals surface area contributed by atoms with Crippen LogP contribution in [0.4, 0.5) is 0 Å². The van der Waals surface area contributed by atoms with Gasteiger partial charge in [0.25, 0.3) is 0 Å². The monoisotopic (exact) mass is 228 g/mol. The summed E-state index contributed by atoms with van der Waals surface area (Å²) in [5, 5.41) is 0.